The van der Waals surface area contributed by atoms with E-state index in [1.54, 1.807) is 0 Å². The maximum absolute atomic E-state index is 12.1. The van der Waals surface area contributed by atoms with Crippen LogP contribution in [0.3, 0.4) is 0 Å². The molecule has 2 heterocycles. The molecule has 130 valence electrons. The van der Waals surface area contributed by atoms with Crippen LogP contribution in [0.25, 0.3) is 22.8 Å². The van der Waals surface area contributed by atoms with Gasteiger partial charge in [0.05, 0.1) is 0 Å². The Morgan fingerprint density at radius 2 is 1.85 bits per heavy atom. The standard InChI is InChI=1S/C18H13BrN4O3/c1-11-4-2-3-5-14(11)16-22-26-18(24)23(16)10-15-20-21-17(25-15)12-6-8-13(19)9-7-12/h2-9H,10H2,1H3. The Balaban J connectivity index is 1.67. The van der Waals surface area contributed by atoms with E-state index in [4.69, 9.17) is 8.94 Å². The van der Waals surface area contributed by atoms with Gasteiger partial charge in [-0.3, -0.25) is 4.52 Å². The topological polar surface area (TPSA) is 87.0 Å². The molecule has 0 aliphatic carbocycles. The minimum Gasteiger partial charge on any atom is -0.419 e. The van der Waals surface area contributed by atoms with Gasteiger partial charge in [-0.25, -0.2) is 9.36 Å². The SMILES string of the molecule is Cc1ccccc1-c1noc(=O)n1Cc1nnc(-c2ccc(Br)cc2)o1. The van der Waals surface area contributed by atoms with Gasteiger partial charge in [0.1, 0.15) is 6.54 Å². The molecule has 0 bridgehead atoms. The molecule has 4 aromatic rings. The fourth-order valence-electron chi connectivity index (χ4n) is 2.59. The average molecular weight is 413 g/mol. The van der Waals surface area contributed by atoms with E-state index < -0.39 is 5.76 Å². The molecule has 4 rings (SSSR count). The first-order valence-electron chi connectivity index (χ1n) is 7.82. The predicted octanol–water partition coefficient (Wildman–Crippen LogP) is 3.67. The van der Waals surface area contributed by atoms with E-state index in [0.29, 0.717) is 17.6 Å². The van der Waals surface area contributed by atoms with Gasteiger partial charge in [0.2, 0.25) is 11.8 Å². The van der Waals surface area contributed by atoms with E-state index in [9.17, 15) is 4.79 Å². The van der Waals surface area contributed by atoms with E-state index in [1.165, 1.54) is 4.57 Å². The summed E-state index contributed by atoms with van der Waals surface area (Å²) in [4.78, 5) is 12.1. The molecule has 0 unspecified atom stereocenters. The van der Waals surface area contributed by atoms with Crippen LogP contribution in [0.2, 0.25) is 0 Å². The average Bonchev–Trinajstić information content (AvgIpc) is 3.24. The highest BCUT2D eigenvalue weighted by Crippen LogP contribution is 2.23. The Hall–Kier alpha value is -3.00. The van der Waals surface area contributed by atoms with Crippen molar-refractivity contribution in [3.63, 3.8) is 0 Å². The quantitative estimate of drug-likeness (QED) is 0.508. The summed E-state index contributed by atoms with van der Waals surface area (Å²) in [6, 6.07) is 15.1. The third kappa shape index (κ3) is 3.11. The van der Waals surface area contributed by atoms with Gasteiger partial charge in [-0.2, -0.15) is 0 Å². The molecule has 0 atom stereocenters. The Morgan fingerprint density at radius 1 is 1.08 bits per heavy atom. The number of rotatable bonds is 4. The lowest BCUT2D eigenvalue weighted by Crippen LogP contribution is -2.16. The number of aromatic nitrogens is 4. The number of hydrogen-bond donors (Lipinski definition) is 0. The first-order valence-corrected chi connectivity index (χ1v) is 8.62. The molecule has 0 saturated heterocycles. The zero-order valence-electron chi connectivity index (χ0n) is 13.7. The Labute approximate surface area is 156 Å². The minimum absolute atomic E-state index is 0.0789. The summed E-state index contributed by atoms with van der Waals surface area (Å²) in [5.41, 5.74) is 2.59. The lowest BCUT2D eigenvalue weighted by Gasteiger charge is -2.04. The lowest BCUT2D eigenvalue weighted by molar-refractivity contribution is 0.374. The summed E-state index contributed by atoms with van der Waals surface area (Å²) in [6.07, 6.45) is 0. The molecule has 8 heteroatoms. The number of nitrogens with zero attached hydrogens (tertiary/aromatic N) is 4. The zero-order valence-corrected chi connectivity index (χ0v) is 15.3. The largest absolute Gasteiger partial charge is 0.442 e. The van der Waals surface area contributed by atoms with Crippen LogP contribution in [0, 0.1) is 6.92 Å². The lowest BCUT2D eigenvalue weighted by atomic mass is 10.1. The Bertz CT molecular complexity index is 1110. The maximum atomic E-state index is 12.1. The van der Waals surface area contributed by atoms with E-state index in [2.05, 4.69) is 31.3 Å². The summed E-state index contributed by atoms with van der Waals surface area (Å²) in [5, 5.41) is 12.0. The maximum Gasteiger partial charge on any atom is 0.442 e. The molecule has 0 fully saturated rings. The van der Waals surface area contributed by atoms with Gasteiger partial charge in [-0.15, -0.1) is 10.2 Å². The molecular formula is C18H13BrN4O3. The molecule has 0 aliphatic rings. The fraction of sp³-hybridized carbons (Fsp3) is 0.111. The highest BCUT2D eigenvalue weighted by molar-refractivity contribution is 9.10. The summed E-state index contributed by atoms with van der Waals surface area (Å²) in [6.45, 7) is 2.02. The number of halogens is 1. The van der Waals surface area contributed by atoms with Crippen molar-refractivity contribution in [2.75, 3.05) is 0 Å². The second kappa shape index (κ2) is 6.72. The molecule has 0 aliphatic heterocycles. The zero-order chi connectivity index (χ0) is 18.1. The summed E-state index contributed by atoms with van der Waals surface area (Å²) in [7, 11) is 0. The second-order valence-corrected chi connectivity index (χ2v) is 6.60. The molecule has 2 aromatic carbocycles. The van der Waals surface area contributed by atoms with Gasteiger partial charge in [-0.1, -0.05) is 45.4 Å². The van der Waals surface area contributed by atoms with Gasteiger partial charge < -0.3 is 4.42 Å². The molecule has 7 nitrogen and oxygen atoms in total. The van der Waals surface area contributed by atoms with Crippen LogP contribution in [0.15, 0.2) is 66.7 Å². The van der Waals surface area contributed by atoms with Crippen molar-refractivity contribution in [3.05, 3.63) is 75.0 Å². The Morgan fingerprint density at radius 3 is 2.62 bits per heavy atom. The highest BCUT2D eigenvalue weighted by atomic mass is 79.9. The molecule has 26 heavy (non-hydrogen) atoms. The molecule has 0 amide bonds. The van der Waals surface area contributed by atoms with Crippen LogP contribution in [-0.2, 0) is 6.54 Å². The third-order valence-corrected chi connectivity index (χ3v) is 4.45. The van der Waals surface area contributed by atoms with Crippen LogP contribution < -0.4 is 5.76 Å². The molecule has 0 N–H and O–H groups in total. The molecular weight excluding hydrogens is 400 g/mol. The van der Waals surface area contributed by atoms with Crippen molar-refractivity contribution in [1.82, 2.24) is 19.9 Å². The number of benzene rings is 2. The second-order valence-electron chi connectivity index (χ2n) is 5.68. The number of hydrogen-bond acceptors (Lipinski definition) is 6. The first kappa shape index (κ1) is 16.5. The highest BCUT2D eigenvalue weighted by Gasteiger charge is 2.18. The fourth-order valence-corrected chi connectivity index (χ4v) is 2.85. The molecule has 0 radical (unpaired) electrons. The summed E-state index contributed by atoms with van der Waals surface area (Å²) in [5.74, 6) is 0.528. The Kier molecular flexibility index (Phi) is 4.26. The van der Waals surface area contributed by atoms with E-state index in [-0.39, 0.29) is 6.54 Å². The van der Waals surface area contributed by atoms with Crippen molar-refractivity contribution < 1.29 is 8.94 Å². The third-order valence-electron chi connectivity index (χ3n) is 3.92. The minimum atomic E-state index is -0.577. The van der Waals surface area contributed by atoms with Crippen molar-refractivity contribution in [2.45, 2.75) is 13.5 Å². The van der Waals surface area contributed by atoms with Gasteiger partial charge in [-0.05, 0) is 36.8 Å². The van der Waals surface area contributed by atoms with Crippen molar-refractivity contribution in [2.24, 2.45) is 0 Å². The van der Waals surface area contributed by atoms with Crippen LogP contribution in [0.4, 0.5) is 0 Å². The van der Waals surface area contributed by atoms with Crippen molar-refractivity contribution in [1.29, 1.82) is 0 Å². The van der Waals surface area contributed by atoms with Crippen LogP contribution in [0.1, 0.15) is 11.5 Å². The normalized spacial score (nSPS) is 11.0. The summed E-state index contributed by atoms with van der Waals surface area (Å²) >= 11 is 3.38. The van der Waals surface area contributed by atoms with E-state index >= 15 is 0 Å². The molecule has 0 spiro atoms. The monoisotopic (exact) mass is 412 g/mol. The smallest absolute Gasteiger partial charge is 0.419 e. The number of aryl methyl sites for hydroxylation is 1. The van der Waals surface area contributed by atoms with Crippen LogP contribution >= 0.6 is 15.9 Å². The van der Waals surface area contributed by atoms with Crippen LogP contribution in [-0.4, -0.2) is 19.9 Å². The van der Waals surface area contributed by atoms with Gasteiger partial charge >= 0.3 is 5.76 Å². The van der Waals surface area contributed by atoms with Crippen molar-refractivity contribution in [3.8, 4) is 22.8 Å². The first-order chi connectivity index (χ1) is 12.6. The molecule has 0 saturated carbocycles. The van der Waals surface area contributed by atoms with E-state index in [0.717, 1.165) is 21.2 Å². The predicted molar refractivity (Wildman–Crippen MR) is 97.5 cm³/mol. The summed E-state index contributed by atoms with van der Waals surface area (Å²) < 4.78 is 12.9. The molecule has 2 aromatic heterocycles. The van der Waals surface area contributed by atoms with Crippen LogP contribution in [0.5, 0.6) is 0 Å². The van der Waals surface area contributed by atoms with Crippen molar-refractivity contribution >= 4 is 15.9 Å². The van der Waals surface area contributed by atoms with E-state index in [1.807, 2.05) is 55.5 Å². The van der Waals surface area contributed by atoms with Gasteiger partial charge in [0, 0.05) is 15.6 Å². The van der Waals surface area contributed by atoms with Gasteiger partial charge in [0.15, 0.2) is 5.82 Å². The van der Waals surface area contributed by atoms with Gasteiger partial charge in [0.25, 0.3) is 0 Å².